The maximum absolute atomic E-state index is 8.54. The number of nitrogens with zero attached hydrogens (tertiary/aromatic N) is 3. The summed E-state index contributed by atoms with van der Waals surface area (Å²) in [7, 11) is 0. The monoisotopic (exact) mass is 334 g/mol. The van der Waals surface area contributed by atoms with E-state index in [1.54, 1.807) is 0 Å². The highest BCUT2D eigenvalue weighted by molar-refractivity contribution is 5.41. The van der Waals surface area contributed by atoms with Crippen LogP contribution in [0.1, 0.15) is 29.8 Å². The second-order valence-electron chi connectivity index (χ2n) is 5.99. The quantitative estimate of drug-likeness (QED) is 0.639. The maximum atomic E-state index is 8.54. The number of aromatic nitrogens is 2. The summed E-state index contributed by atoms with van der Waals surface area (Å²) in [5, 5.41) is 12.0. The van der Waals surface area contributed by atoms with Crippen molar-refractivity contribution >= 4 is 5.65 Å². The van der Waals surface area contributed by atoms with Gasteiger partial charge < -0.3 is 14.5 Å². The van der Waals surface area contributed by atoms with Crippen LogP contribution in [0.2, 0.25) is 0 Å². The molecule has 5 heteroatoms. The van der Waals surface area contributed by atoms with Crippen LogP contribution in [0.15, 0.2) is 48.7 Å². The number of unbranched alkanes of at least 4 members (excludes halogenated alkanes) is 1. The fraction of sp³-hybridized carbons (Fsp3) is 0.300. The first kappa shape index (κ1) is 17.0. The molecule has 5 nitrogen and oxygen atoms in total. The van der Waals surface area contributed by atoms with Crippen molar-refractivity contribution < 1.29 is 4.74 Å². The SMILES string of the molecule is Cc1cccc2nc(CNCc3cccc(OCCCC#N)c3)cn12. The first-order valence-corrected chi connectivity index (χ1v) is 8.49. The molecule has 1 aromatic carbocycles. The normalized spacial score (nSPS) is 10.7. The van der Waals surface area contributed by atoms with Crippen molar-refractivity contribution in [3.63, 3.8) is 0 Å². The van der Waals surface area contributed by atoms with Crippen LogP contribution in [0.3, 0.4) is 0 Å². The average molecular weight is 334 g/mol. The predicted octanol–water partition coefficient (Wildman–Crippen LogP) is 3.62. The number of ether oxygens (including phenoxy) is 1. The highest BCUT2D eigenvalue weighted by Crippen LogP contribution is 2.14. The van der Waals surface area contributed by atoms with Gasteiger partial charge in [-0.1, -0.05) is 18.2 Å². The smallest absolute Gasteiger partial charge is 0.137 e. The zero-order chi connectivity index (χ0) is 17.5. The van der Waals surface area contributed by atoms with E-state index in [2.05, 4.69) is 46.0 Å². The largest absolute Gasteiger partial charge is 0.494 e. The van der Waals surface area contributed by atoms with Gasteiger partial charge in [-0.25, -0.2) is 4.98 Å². The third-order valence-corrected chi connectivity index (χ3v) is 3.98. The Morgan fingerprint density at radius 3 is 2.92 bits per heavy atom. The van der Waals surface area contributed by atoms with E-state index in [1.807, 2.05) is 30.3 Å². The summed E-state index contributed by atoms with van der Waals surface area (Å²) in [4.78, 5) is 4.63. The molecule has 0 aliphatic rings. The van der Waals surface area contributed by atoms with Crippen LogP contribution in [-0.4, -0.2) is 16.0 Å². The molecule has 0 bridgehead atoms. The van der Waals surface area contributed by atoms with Gasteiger partial charge in [0.05, 0.1) is 18.4 Å². The molecule has 1 N–H and O–H groups in total. The molecule has 0 spiro atoms. The van der Waals surface area contributed by atoms with E-state index in [0.717, 1.165) is 35.6 Å². The second kappa shape index (κ2) is 8.32. The van der Waals surface area contributed by atoms with Crippen molar-refractivity contribution in [2.45, 2.75) is 32.9 Å². The third-order valence-electron chi connectivity index (χ3n) is 3.98. The summed E-state index contributed by atoms with van der Waals surface area (Å²) < 4.78 is 7.78. The molecule has 0 aliphatic heterocycles. The minimum Gasteiger partial charge on any atom is -0.494 e. The summed E-state index contributed by atoms with van der Waals surface area (Å²) in [6, 6.07) is 16.3. The molecule has 0 saturated carbocycles. The van der Waals surface area contributed by atoms with Crippen LogP contribution in [0.4, 0.5) is 0 Å². The Morgan fingerprint density at radius 2 is 2.08 bits per heavy atom. The van der Waals surface area contributed by atoms with Gasteiger partial charge in [-0.15, -0.1) is 0 Å². The lowest BCUT2D eigenvalue weighted by molar-refractivity contribution is 0.312. The van der Waals surface area contributed by atoms with Gasteiger partial charge in [-0.2, -0.15) is 5.26 Å². The Hall–Kier alpha value is -2.84. The lowest BCUT2D eigenvalue weighted by Gasteiger charge is -2.08. The first-order chi connectivity index (χ1) is 12.3. The lowest BCUT2D eigenvalue weighted by Crippen LogP contribution is -2.13. The molecule has 2 aromatic heterocycles. The molecule has 0 atom stereocenters. The number of aryl methyl sites for hydroxylation is 1. The Kier molecular flexibility index (Phi) is 5.65. The molecule has 0 radical (unpaired) electrons. The number of imidazole rings is 1. The van der Waals surface area contributed by atoms with E-state index in [0.29, 0.717) is 19.6 Å². The summed E-state index contributed by atoms with van der Waals surface area (Å²) in [6.45, 7) is 4.12. The minimum atomic E-state index is 0.528. The van der Waals surface area contributed by atoms with Crippen LogP contribution in [-0.2, 0) is 13.1 Å². The van der Waals surface area contributed by atoms with Crippen LogP contribution in [0.25, 0.3) is 5.65 Å². The molecule has 0 aliphatic carbocycles. The molecule has 3 rings (SSSR count). The second-order valence-corrected chi connectivity index (χ2v) is 5.99. The standard InChI is InChI=1S/C20H22N4O/c1-16-6-4-9-20-23-18(15-24(16)20)14-22-13-17-7-5-8-19(12-17)25-11-3-2-10-21/h4-9,12,15,22H,2-3,11,13-14H2,1H3. The van der Waals surface area contributed by atoms with Crippen molar-refractivity contribution in [2.75, 3.05) is 6.61 Å². The van der Waals surface area contributed by atoms with Gasteiger partial charge in [-0.3, -0.25) is 0 Å². The molecule has 0 unspecified atom stereocenters. The first-order valence-electron chi connectivity index (χ1n) is 8.49. The number of nitriles is 1. The number of fused-ring (bicyclic) bond motifs is 1. The van der Waals surface area contributed by atoms with E-state index >= 15 is 0 Å². The van der Waals surface area contributed by atoms with Gasteiger partial charge in [0.15, 0.2) is 0 Å². The Labute approximate surface area is 147 Å². The number of hydrogen-bond donors (Lipinski definition) is 1. The van der Waals surface area contributed by atoms with Crippen LogP contribution in [0, 0.1) is 18.3 Å². The summed E-state index contributed by atoms with van der Waals surface area (Å²) in [5.41, 5.74) is 4.35. The fourth-order valence-corrected chi connectivity index (χ4v) is 2.71. The predicted molar refractivity (Wildman–Crippen MR) is 97.3 cm³/mol. The molecule has 2 heterocycles. The van der Waals surface area contributed by atoms with Crippen molar-refractivity contribution in [1.82, 2.24) is 14.7 Å². The molecule has 0 fully saturated rings. The van der Waals surface area contributed by atoms with E-state index < -0.39 is 0 Å². The van der Waals surface area contributed by atoms with Crippen LogP contribution in [0.5, 0.6) is 5.75 Å². The fourth-order valence-electron chi connectivity index (χ4n) is 2.71. The summed E-state index contributed by atoms with van der Waals surface area (Å²) in [6.07, 6.45) is 3.36. The molecule has 3 aromatic rings. The van der Waals surface area contributed by atoms with Crippen molar-refractivity contribution in [3.05, 3.63) is 65.6 Å². The van der Waals surface area contributed by atoms with Crippen molar-refractivity contribution in [3.8, 4) is 11.8 Å². The van der Waals surface area contributed by atoms with Crippen LogP contribution >= 0.6 is 0 Å². The molecule has 0 amide bonds. The minimum absolute atomic E-state index is 0.528. The number of nitrogens with one attached hydrogen (secondary N) is 1. The zero-order valence-corrected chi connectivity index (χ0v) is 14.4. The average Bonchev–Trinajstić information content (AvgIpc) is 3.04. The summed E-state index contributed by atoms with van der Waals surface area (Å²) in [5.74, 6) is 0.848. The van der Waals surface area contributed by atoms with Crippen LogP contribution < -0.4 is 10.1 Å². The Morgan fingerprint density at radius 1 is 1.20 bits per heavy atom. The van der Waals surface area contributed by atoms with Gasteiger partial charge in [0, 0.05) is 31.4 Å². The van der Waals surface area contributed by atoms with E-state index in [1.165, 1.54) is 5.69 Å². The van der Waals surface area contributed by atoms with Gasteiger partial charge in [0.25, 0.3) is 0 Å². The Bertz CT molecular complexity index is 879. The molecular formula is C20H22N4O. The molecule has 25 heavy (non-hydrogen) atoms. The van der Waals surface area contributed by atoms with Gasteiger partial charge in [-0.05, 0) is 43.2 Å². The van der Waals surface area contributed by atoms with Crippen molar-refractivity contribution in [2.24, 2.45) is 0 Å². The summed E-state index contributed by atoms with van der Waals surface area (Å²) >= 11 is 0. The third kappa shape index (κ3) is 4.59. The molecule has 0 saturated heterocycles. The van der Waals surface area contributed by atoms with E-state index in [9.17, 15) is 0 Å². The van der Waals surface area contributed by atoms with Gasteiger partial charge in [0.1, 0.15) is 11.4 Å². The highest BCUT2D eigenvalue weighted by atomic mass is 16.5. The number of hydrogen-bond acceptors (Lipinski definition) is 4. The molecular weight excluding hydrogens is 312 g/mol. The molecule has 128 valence electrons. The van der Waals surface area contributed by atoms with Gasteiger partial charge >= 0.3 is 0 Å². The lowest BCUT2D eigenvalue weighted by atomic mass is 10.2. The maximum Gasteiger partial charge on any atom is 0.137 e. The topological polar surface area (TPSA) is 62.4 Å². The number of benzene rings is 1. The number of pyridine rings is 1. The Balaban J connectivity index is 1.53. The van der Waals surface area contributed by atoms with E-state index in [4.69, 9.17) is 10.00 Å². The van der Waals surface area contributed by atoms with Crippen molar-refractivity contribution in [1.29, 1.82) is 5.26 Å². The highest BCUT2D eigenvalue weighted by Gasteiger charge is 2.03. The van der Waals surface area contributed by atoms with E-state index in [-0.39, 0.29) is 0 Å². The number of rotatable bonds is 8. The zero-order valence-electron chi connectivity index (χ0n) is 14.4. The van der Waals surface area contributed by atoms with Gasteiger partial charge in [0.2, 0.25) is 0 Å².